The van der Waals surface area contributed by atoms with Crippen molar-refractivity contribution in [2.24, 2.45) is 5.73 Å². The van der Waals surface area contributed by atoms with Crippen molar-refractivity contribution in [1.29, 1.82) is 0 Å². The molecule has 0 bridgehead atoms. The highest BCUT2D eigenvalue weighted by Gasteiger charge is 2.35. The first-order chi connectivity index (χ1) is 5.21. The van der Waals surface area contributed by atoms with E-state index in [1.807, 2.05) is 6.92 Å². The Hall–Kier alpha value is -0.120. The van der Waals surface area contributed by atoms with Gasteiger partial charge in [-0.25, -0.2) is 0 Å². The number of piperidine rings is 1. The second kappa shape index (κ2) is 3.52. The van der Waals surface area contributed by atoms with Crippen LogP contribution < -0.4 is 11.1 Å². The fourth-order valence-electron chi connectivity index (χ4n) is 1.70. The number of hydrogen-bond donors (Lipinski definition) is 2. The highest BCUT2D eigenvalue weighted by Crippen LogP contribution is 2.24. The Kier molecular flexibility index (Phi) is 2.87. The van der Waals surface area contributed by atoms with Crippen LogP contribution in [-0.2, 0) is 4.74 Å². The summed E-state index contributed by atoms with van der Waals surface area (Å²) in [6.45, 7) is 4.07. The summed E-state index contributed by atoms with van der Waals surface area (Å²) in [5.74, 6) is 0. The highest BCUT2D eigenvalue weighted by atomic mass is 16.5. The Morgan fingerprint density at radius 3 is 2.27 bits per heavy atom. The van der Waals surface area contributed by atoms with Gasteiger partial charge >= 0.3 is 0 Å². The molecule has 1 unspecified atom stereocenters. The number of nitrogens with one attached hydrogen (secondary N) is 1. The number of hydrogen-bond acceptors (Lipinski definition) is 3. The zero-order chi connectivity index (χ0) is 8.32. The third-order valence-corrected chi connectivity index (χ3v) is 2.69. The molecule has 0 amide bonds. The van der Waals surface area contributed by atoms with Crippen LogP contribution in [0.4, 0.5) is 0 Å². The first-order valence-corrected chi connectivity index (χ1v) is 4.23. The Morgan fingerprint density at radius 2 is 2.00 bits per heavy atom. The van der Waals surface area contributed by atoms with E-state index in [-0.39, 0.29) is 11.6 Å². The van der Waals surface area contributed by atoms with Crippen LogP contribution in [-0.4, -0.2) is 31.8 Å². The van der Waals surface area contributed by atoms with Gasteiger partial charge in [-0.2, -0.15) is 0 Å². The van der Waals surface area contributed by atoms with E-state index in [2.05, 4.69) is 5.32 Å². The van der Waals surface area contributed by atoms with Crippen molar-refractivity contribution in [2.45, 2.75) is 31.4 Å². The molecule has 1 rings (SSSR count). The molecular weight excluding hydrogens is 140 g/mol. The molecule has 0 aromatic heterocycles. The highest BCUT2D eigenvalue weighted by molar-refractivity contribution is 4.92. The largest absolute Gasteiger partial charge is 0.377 e. The van der Waals surface area contributed by atoms with Gasteiger partial charge in [0.1, 0.15) is 0 Å². The summed E-state index contributed by atoms with van der Waals surface area (Å²) in [6.07, 6.45) is 2.06. The molecule has 66 valence electrons. The quantitative estimate of drug-likeness (QED) is 0.599. The second-order valence-corrected chi connectivity index (χ2v) is 3.31. The Morgan fingerprint density at radius 1 is 1.45 bits per heavy atom. The number of rotatable bonds is 2. The molecule has 1 fully saturated rings. The number of methoxy groups -OCH3 is 1. The molecule has 3 N–H and O–H groups in total. The van der Waals surface area contributed by atoms with Gasteiger partial charge in [-0.15, -0.1) is 0 Å². The van der Waals surface area contributed by atoms with Crippen LogP contribution in [0.5, 0.6) is 0 Å². The molecule has 0 saturated carbocycles. The summed E-state index contributed by atoms with van der Waals surface area (Å²) >= 11 is 0. The maximum atomic E-state index is 5.86. The van der Waals surface area contributed by atoms with Crippen LogP contribution >= 0.6 is 0 Å². The fraction of sp³-hybridized carbons (Fsp3) is 1.00. The molecule has 3 nitrogen and oxygen atoms in total. The van der Waals surface area contributed by atoms with Gasteiger partial charge in [0.2, 0.25) is 0 Å². The van der Waals surface area contributed by atoms with Crippen LogP contribution in [0.2, 0.25) is 0 Å². The first kappa shape index (κ1) is 8.97. The van der Waals surface area contributed by atoms with Crippen LogP contribution in [0.1, 0.15) is 19.8 Å². The van der Waals surface area contributed by atoms with E-state index < -0.39 is 0 Å². The minimum absolute atomic E-state index is 0.0642. The molecule has 1 aliphatic rings. The molecule has 0 spiro atoms. The molecule has 1 saturated heterocycles. The molecule has 1 heterocycles. The van der Waals surface area contributed by atoms with Gasteiger partial charge in [0.05, 0.1) is 5.60 Å². The molecule has 11 heavy (non-hydrogen) atoms. The van der Waals surface area contributed by atoms with Crippen LogP contribution in [0, 0.1) is 0 Å². The number of nitrogens with two attached hydrogens (primary N) is 1. The zero-order valence-corrected chi connectivity index (χ0v) is 7.39. The van der Waals surface area contributed by atoms with Gasteiger partial charge in [0.25, 0.3) is 0 Å². The monoisotopic (exact) mass is 158 g/mol. The van der Waals surface area contributed by atoms with Crippen molar-refractivity contribution < 1.29 is 4.74 Å². The zero-order valence-electron chi connectivity index (χ0n) is 7.39. The summed E-state index contributed by atoms with van der Waals surface area (Å²) in [5.41, 5.74) is 5.80. The van der Waals surface area contributed by atoms with Crippen LogP contribution in [0.15, 0.2) is 0 Å². The second-order valence-electron chi connectivity index (χ2n) is 3.31. The summed E-state index contributed by atoms with van der Waals surface area (Å²) in [4.78, 5) is 0. The third-order valence-electron chi connectivity index (χ3n) is 2.69. The molecule has 1 aliphatic heterocycles. The van der Waals surface area contributed by atoms with Crippen molar-refractivity contribution >= 4 is 0 Å². The lowest BCUT2D eigenvalue weighted by molar-refractivity contribution is -0.0492. The molecule has 3 heteroatoms. The Labute approximate surface area is 68.3 Å². The van der Waals surface area contributed by atoms with E-state index in [0.29, 0.717) is 0 Å². The average Bonchev–Trinajstić information content (AvgIpc) is 2.05. The van der Waals surface area contributed by atoms with Gasteiger partial charge in [-0.1, -0.05) is 0 Å². The Balaban J connectivity index is 2.57. The molecule has 1 atom stereocenters. The van der Waals surface area contributed by atoms with E-state index >= 15 is 0 Å². The predicted octanol–water partition coefficient (Wildman–Crippen LogP) is 0.102. The van der Waals surface area contributed by atoms with Gasteiger partial charge in [-0.05, 0) is 32.9 Å². The SMILES string of the molecule is COC1(C(C)N)CCNCC1. The van der Waals surface area contributed by atoms with Crippen molar-refractivity contribution in [3.8, 4) is 0 Å². The Bertz CT molecular complexity index is 119. The van der Waals surface area contributed by atoms with Crippen molar-refractivity contribution in [3.63, 3.8) is 0 Å². The standard InChI is InChI=1S/C8H18N2O/c1-7(9)8(11-2)3-5-10-6-4-8/h7,10H,3-6,9H2,1-2H3. The molecule has 0 aromatic carbocycles. The molecule has 0 radical (unpaired) electrons. The topological polar surface area (TPSA) is 47.3 Å². The lowest BCUT2D eigenvalue weighted by Gasteiger charge is -2.39. The number of ether oxygens (including phenoxy) is 1. The van der Waals surface area contributed by atoms with Crippen molar-refractivity contribution in [3.05, 3.63) is 0 Å². The summed E-state index contributed by atoms with van der Waals surface area (Å²) < 4.78 is 5.48. The van der Waals surface area contributed by atoms with Crippen molar-refractivity contribution in [1.82, 2.24) is 5.32 Å². The van der Waals surface area contributed by atoms with E-state index in [1.54, 1.807) is 7.11 Å². The summed E-state index contributed by atoms with van der Waals surface area (Å²) in [5, 5.41) is 3.29. The van der Waals surface area contributed by atoms with Gasteiger partial charge in [0, 0.05) is 13.2 Å². The normalized spacial score (nSPS) is 26.5. The van der Waals surface area contributed by atoms with E-state index in [1.165, 1.54) is 0 Å². The van der Waals surface area contributed by atoms with E-state index in [9.17, 15) is 0 Å². The predicted molar refractivity (Wildman–Crippen MR) is 45.5 cm³/mol. The third kappa shape index (κ3) is 1.72. The lowest BCUT2D eigenvalue weighted by Crippen LogP contribution is -2.53. The van der Waals surface area contributed by atoms with Gasteiger partial charge < -0.3 is 15.8 Å². The lowest BCUT2D eigenvalue weighted by atomic mass is 9.86. The van der Waals surface area contributed by atoms with E-state index in [0.717, 1.165) is 25.9 Å². The first-order valence-electron chi connectivity index (χ1n) is 4.23. The van der Waals surface area contributed by atoms with Gasteiger partial charge in [-0.3, -0.25) is 0 Å². The average molecular weight is 158 g/mol. The summed E-state index contributed by atoms with van der Waals surface area (Å²) in [6, 6.07) is 0.134. The maximum Gasteiger partial charge on any atom is 0.0850 e. The van der Waals surface area contributed by atoms with E-state index in [4.69, 9.17) is 10.5 Å². The minimum atomic E-state index is -0.0642. The smallest absolute Gasteiger partial charge is 0.0850 e. The van der Waals surface area contributed by atoms with Crippen LogP contribution in [0.25, 0.3) is 0 Å². The molecule has 0 aromatic rings. The fourth-order valence-corrected chi connectivity index (χ4v) is 1.70. The maximum absolute atomic E-state index is 5.86. The van der Waals surface area contributed by atoms with Crippen LogP contribution in [0.3, 0.4) is 0 Å². The van der Waals surface area contributed by atoms with Crippen molar-refractivity contribution in [2.75, 3.05) is 20.2 Å². The molecular formula is C8H18N2O. The minimum Gasteiger partial charge on any atom is -0.377 e. The summed E-state index contributed by atoms with van der Waals surface area (Å²) in [7, 11) is 1.76. The molecule has 0 aliphatic carbocycles. The van der Waals surface area contributed by atoms with Gasteiger partial charge in [0.15, 0.2) is 0 Å².